The predicted molar refractivity (Wildman–Crippen MR) is 54.0 cm³/mol. The van der Waals surface area contributed by atoms with Crippen LogP contribution in [-0.4, -0.2) is 22.2 Å². The Morgan fingerprint density at radius 1 is 1.62 bits per heavy atom. The Labute approximate surface area is 82.8 Å². The van der Waals surface area contributed by atoms with Crippen molar-refractivity contribution in [2.24, 2.45) is 0 Å². The van der Waals surface area contributed by atoms with E-state index in [4.69, 9.17) is 11.6 Å². The Bertz CT molecular complexity index is 283. The summed E-state index contributed by atoms with van der Waals surface area (Å²) in [6.45, 7) is 3.92. The van der Waals surface area contributed by atoms with Crippen LogP contribution < -0.4 is 5.32 Å². The highest BCUT2D eigenvalue weighted by atomic mass is 35.5. The quantitative estimate of drug-likeness (QED) is 0.784. The molecule has 1 aromatic heterocycles. The van der Waals surface area contributed by atoms with Crippen LogP contribution in [0.1, 0.15) is 13.8 Å². The normalized spacial score (nSPS) is 11.4. The molecular formula is C9H13ClN2O. The van der Waals surface area contributed by atoms with Crippen LogP contribution in [0.4, 0.5) is 5.69 Å². The molecule has 0 saturated carbocycles. The van der Waals surface area contributed by atoms with Gasteiger partial charge in [-0.1, -0.05) is 11.6 Å². The summed E-state index contributed by atoms with van der Waals surface area (Å²) in [5.41, 5.74) is 0.0471. The van der Waals surface area contributed by atoms with E-state index in [2.05, 4.69) is 10.3 Å². The standard InChI is InChI=1S/C9H13ClN2O/c1-9(2,13)6-12-8-3-4-11-5-7(8)10/h3-5,13H,6H2,1-2H3,(H,11,12). The molecule has 4 heteroatoms. The highest BCUT2D eigenvalue weighted by molar-refractivity contribution is 6.33. The van der Waals surface area contributed by atoms with E-state index in [9.17, 15) is 5.11 Å². The molecule has 1 aromatic rings. The molecule has 72 valence electrons. The van der Waals surface area contributed by atoms with Crippen molar-refractivity contribution < 1.29 is 5.11 Å². The number of pyridine rings is 1. The fourth-order valence-corrected chi connectivity index (χ4v) is 1.02. The van der Waals surface area contributed by atoms with Crippen LogP contribution in [0.2, 0.25) is 5.02 Å². The molecule has 3 nitrogen and oxygen atoms in total. The number of hydrogen-bond donors (Lipinski definition) is 2. The van der Waals surface area contributed by atoms with Crippen LogP contribution in [0, 0.1) is 0 Å². The lowest BCUT2D eigenvalue weighted by Gasteiger charge is -2.18. The van der Waals surface area contributed by atoms with Crippen molar-refractivity contribution in [3.05, 3.63) is 23.5 Å². The van der Waals surface area contributed by atoms with Gasteiger partial charge in [0.1, 0.15) is 0 Å². The van der Waals surface area contributed by atoms with Gasteiger partial charge in [0.15, 0.2) is 0 Å². The third-order valence-electron chi connectivity index (χ3n) is 1.48. The summed E-state index contributed by atoms with van der Waals surface area (Å²) in [5, 5.41) is 13.0. The molecule has 0 atom stereocenters. The number of aliphatic hydroxyl groups is 1. The lowest BCUT2D eigenvalue weighted by molar-refractivity contribution is 0.0945. The minimum atomic E-state index is -0.743. The molecule has 1 heterocycles. The molecule has 0 aliphatic heterocycles. The van der Waals surface area contributed by atoms with Gasteiger partial charge in [-0.3, -0.25) is 4.98 Å². The number of aromatic nitrogens is 1. The summed E-state index contributed by atoms with van der Waals surface area (Å²) in [6, 6.07) is 1.77. The van der Waals surface area contributed by atoms with Crippen LogP contribution in [0.15, 0.2) is 18.5 Å². The van der Waals surface area contributed by atoms with E-state index in [0.717, 1.165) is 5.69 Å². The molecule has 0 unspecified atom stereocenters. The highest BCUT2D eigenvalue weighted by Gasteiger charge is 2.12. The average Bonchev–Trinajstić information content (AvgIpc) is 2.01. The average molecular weight is 201 g/mol. The number of rotatable bonds is 3. The second-order valence-electron chi connectivity index (χ2n) is 3.52. The van der Waals surface area contributed by atoms with Gasteiger partial charge in [-0.25, -0.2) is 0 Å². The van der Waals surface area contributed by atoms with E-state index < -0.39 is 5.60 Å². The smallest absolute Gasteiger partial charge is 0.0820 e. The molecule has 1 rings (SSSR count). The van der Waals surface area contributed by atoms with Crippen LogP contribution in [0.25, 0.3) is 0 Å². The van der Waals surface area contributed by atoms with Crippen molar-refractivity contribution in [1.29, 1.82) is 0 Å². The van der Waals surface area contributed by atoms with Gasteiger partial charge in [0.2, 0.25) is 0 Å². The molecule has 0 aliphatic rings. The molecule has 0 bridgehead atoms. The fourth-order valence-electron chi connectivity index (χ4n) is 0.830. The van der Waals surface area contributed by atoms with Gasteiger partial charge >= 0.3 is 0 Å². The third-order valence-corrected chi connectivity index (χ3v) is 1.79. The van der Waals surface area contributed by atoms with Gasteiger partial charge in [-0.2, -0.15) is 0 Å². The molecular weight excluding hydrogens is 188 g/mol. The highest BCUT2D eigenvalue weighted by Crippen LogP contribution is 2.19. The first-order valence-electron chi connectivity index (χ1n) is 4.05. The number of anilines is 1. The van der Waals surface area contributed by atoms with Gasteiger partial charge in [-0.05, 0) is 19.9 Å². The van der Waals surface area contributed by atoms with Crippen molar-refractivity contribution in [3.8, 4) is 0 Å². The Kier molecular flexibility index (Phi) is 3.12. The molecule has 2 N–H and O–H groups in total. The van der Waals surface area contributed by atoms with Gasteiger partial charge in [0, 0.05) is 18.9 Å². The van der Waals surface area contributed by atoms with Crippen molar-refractivity contribution in [2.75, 3.05) is 11.9 Å². The summed E-state index contributed by atoms with van der Waals surface area (Å²) >= 11 is 5.85. The monoisotopic (exact) mass is 200 g/mol. The Morgan fingerprint density at radius 3 is 2.85 bits per heavy atom. The summed E-state index contributed by atoms with van der Waals surface area (Å²) in [7, 11) is 0. The maximum atomic E-state index is 9.45. The third kappa shape index (κ3) is 3.61. The minimum Gasteiger partial charge on any atom is -0.389 e. The molecule has 0 fully saturated rings. The SMILES string of the molecule is CC(C)(O)CNc1ccncc1Cl. The largest absolute Gasteiger partial charge is 0.389 e. The van der Waals surface area contributed by atoms with E-state index in [1.54, 1.807) is 32.3 Å². The zero-order chi connectivity index (χ0) is 9.90. The first-order chi connectivity index (χ1) is 5.99. The minimum absolute atomic E-state index is 0.455. The first-order valence-corrected chi connectivity index (χ1v) is 4.42. The van der Waals surface area contributed by atoms with E-state index in [1.807, 2.05) is 0 Å². The summed E-state index contributed by atoms with van der Waals surface area (Å²) in [4.78, 5) is 3.85. The molecule has 13 heavy (non-hydrogen) atoms. The lowest BCUT2D eigenvalue weighted by atomic mass is 10.1. The maximum absolute atomic E-state index is 9.45. The van der Waals surface area contributed by atoms with E-state index in [0.29, 0.717) is 11.6 Å². The first kappa shape index (κ1) is 10.3. The molecule has 0 aromatic carbocycles. The molecule has 0 saturated heterocycles. The number of nitrogens with zero attached hydrogens (tertiary/aromatic N) is 1. The van der Waals surface area contributed by atoms with Gasteiger partial charge < -0.3 is 10.4 Å². The Balaban J connectivity index is 2.60. The van der Waals surface area contributed by atoms with Crippen molar-refractivity contribution in [1.82, 2.24) is 4.98 Å². The van der Waals surface area contributed by atoms with Crippen LogP contribution >= 0.6 is 11.6 Å². The second-order valence-corrected chi connectivity index (χ2v) is 3.93. The van der Waals surface area contributed by atoms with Gasteiger partial charge in [0.25, 0.3) is 0 Å². The van der Waals surface area contributed by atoms with Gasteiger partial charge in [-0.15, -0.1) is 0 Å². The van der Waals surface area contributed by atoms with E-state index >= 15 is 0 Å². The van der Waals surface area contributed by atoms with E-state index in [-0.39, 0.29) is 0 Å². The molecule has 0 spiro atoms. The van der Waals surface area contributed by atoms with Crippen LogP contribution in [0.5, 0.6) is 0 Å². The van der Waals surface area contributed by atoms with Crippen LogP contribution in [0.3, 0.4) is 0 Å². The second kappa shape index (κ2) is 3.94. The molecule has 0 amide bonds. The predicted octanol–water partition coefficient (Wildman–Crippen LogP) is 1.92. The topological polar surface area (TPSA) is 45.1 Å². The fraction of sp³-hybridized carbons (Fsp3) is 0.444. The van der Waals surface area contributed by atoms with Crippen molar-refractivity contribution >= 4 is 17.3 Å². The number of halogens is 1. The van der Waals surface area contributed by atoms with Crippen molar-refractivity contribution in [3.63, 3.8) is 0 Å². The summed E-state index contributed by atoms with van der Waals surface area (Å²) in [5.74, 6) is 0. The zero-order valence-corrected chi connectivity index (χ0v) is 8.47. The Morgan fingerprint density at radius 2 is 2.31 bits per heavy atom. The number of nitrogens with one attached hydrogen (secondary N) is 1. The maximum Gasteiger partial charge on any atom is 0.0820 e. The summed E-state index contributed by atoms with van der Waals surface area (Å²) in [6.07, 6.45) is 3.22. The van der Waals surface area contributed by atoms with Gasteiger partial charge in [0.05, 0.1) is 16.3 Å². The van der Waals surface area contributed by atoms with E-state index in [1.165, 1.54) is 0 Å². The summed E-state index contributed by atoms with van der Waals surface area (Å²) < 4.78 is 0. The zero-order valence-electron chi connectivity index (χ0n) is 7.71. The number of hydrogen-bond acceptors (Lipinski definition) is 3. The van der Waals surface area contributed by atoms with Crippen LogP contribution in [-0.2, 0) is 0 Å². The molecule has 0 aliphatic carbocycles. The molecule has 0 radical (unpaired) electrons. The Hall–Kier alpha value is -0.800. The van der Waals surface area contributed by atoms with Crippen molar-refractivity contribution in [2.45, 2.75) is 19.4 Å². The lowest BCUT2D eigenvalue weighted by Crippen LogP contribution is -2.29.